The van der Waals surface area contributed by atoms with Gasteiger partial charge < -0.3 is 4.74 Å². The summed E-state index contributed by atoms with van der Waals surface area (Å²) in [7, 11) is 0. The second-order valence-electron chi connectivity index (χ2n) is 4.18. The number of Topliss-reactive ketones (excluding diaryl/α,β-unsaturated/α-hetero) is 2. The van der Waals surface area contributed by atoms with E-state index in [1.165, 1.54) is 13.0 Å². The fourth-order valence-electron chi connectivity index (χ4n) is 1.92. The topological polar surface area (TPSA) is 60.4 Å². The molecule has 1 aromatic carbocycles. The number of esters is 1. The largest absolute Gasteiger partial charge is 0.426 e. The van der Waals surface area contributed by atoms with Crippen LogP contribution in [0.1, 0.15) is 41.5 Å². The fraction of sp³-hybridized carbons (Fsp3) is 0.214. The van der Waals surface area contributed by atoms with E-state index in [0.29, 0.717) is 16.7 Å². The SMILES string of the molecule is CC(=O)Oc1cccc2c1C(=O)C(C)=C(C)C2=O. The molecule has 1 aliphatic carbocycles. The van der Waals surface area contributed by atoms with Crippen molar-refractivity contribution in [2.24, 2.45) is 0 Å². The standard InChI is InChI=1S/C14H12O4/c1-7-8(2)14(17)12-10(13(7)16)5-4-6-11(12)18-9(3)15/h4-6H,1-3H3. The van der Waals surface area contributed by atoms with Crippen LogP contribution in [0.3, 0.4) is 0 Å². The third-order valence-electron chi connectivity index (χ3n) is 3.00. The molecule has 0 spiro atoms. The van der Waals surface area contributed by atoms with E-state index in [1.54, 1.807) is 26.0 Å². The van der Waals surface area contributed by atoms with Gasteiger partial charge >= 0.3 is 5.97 Å². The third-order valence-corrected chi connectivity index (χ3v) is 3.00. The molecule has 18 heavy (non-hydrogen) atoms. The summed E-state index contributed by atoms with van der Waals surface area (Å²) < 4.78 is 4.98. The highest BCUT2D eigenvalue weighted by Crippen LogP contribution is 2.32. The molecule has 0 amide bonds. The second-order valence-corrected chi connectivity index (χ2v) is 4.18. The molecule has 0 unspecified atom stereocenters. The minimum atomic E-state index is -0.521. The molecule has 0 fully saturated rings. The van der Waals surface area contributed by atoms with Crippen LogP contribution in [0.5, 0.6) is 5.75 Å². The number of rotatable bonds is 1. The van der Waals surface area contributed by atoms with Crippen molar-refractivity contribution in [1.29, 1.82) is 0 Å². The van der Waals surface area contributed by atoms with Gasteiger partial charge in [-0.25, -0.2) is 0 Å². The Bertz CT molecular complexity index is 608. The Morgan fingerprint density at radius 1 is 1.06 bits per heavy atom. The monoisotopic (exact) mass is 244 g/mol. The van der Waals surface area contributed by atoms with Crippen molar-refractivity contribution < 1.29 is 19.1 Å². The van der Waals surface area contributed by atoms with Gasteiger partial charge in [0.1, 0.15) is 5.75 Å². The lowest BCUT2D eigenvalue weighted by atomic mass is 9.85. The average Bonchev–Trinajstić information content (AvgIpc) is 2.32. The summed E-state index contributed by atoms with van der Waals surface area (Å²) in [5, 5.41) is 0. The second kappa shape index (κ2) is 4.22. The summed E-state index contributed by atoms with van der Waals surface area (Å²) >= 11 is 0. The first-order valence-corrected chi connectivity index (χ1v) is 5.51. The normalized spacial score (nSPS) is 14.6. The maximum absolute atomic E-state index is 12.2. The predicted molar refractivity (Wildman–Crippen MR) is 64.8 cm³/mol. The van der Waals surface area contributed by atoms with Crippen LogP contribution >= 0.6 is 0 Å². The Morgan fingerprint density at radius 3 is 2.28 bits per heavy atom. The molecule has 0 aromatic heterocycles. The van der Waals surface area contributed by atoms with E-state index in [9.17, 15) is 14.4 Å². The minimum absolute atomic E-state index is 0.144. The number of ether oxygens (including phenoxy) is 1. The highest BCUT2D eigenvalue weighted by molar-refractivity contribution is 6.27. The Morgan fingerprint density at radius 2 is 1.67 bits per heavy atom. The van der Waals surface area contributed by atoms with Crippen LogP contribution in [0.2, 0.25) is 0 Å². The zero-order valence-electron chi connectivity index (χ0n) is 10.4. The van der Waals surface area contributed by atoms with Crippen LogP contribution in [-0.4, -0.2) is 17.5 Å². The van der Waals surface area contributed by atoms with Gasteiger partial charge in [0.25, 0.3) is 0 Å². The molecule has 4 heteroatoms. The van der Waals surface area contributed by atoms with Crippen molar-refractivity contribution in [1.82, 2.24) is 0 Å². The van der Waals surface area contributed by atoms with Gasteiger partial charge in [-0.1, -0.05) is 12.1 Å². The van der Waals surface area contributed by atoms with E-state index in [2.05, 4.69) is 0 Å². The molecular formula is C14H12O4. The summed E-state index contributed by atoms with van der Waals surface area (Å²) in [6.07, 6.45) is 0. The lowest BCUT2D eigenvalue weighted by Crippen LogP contribution is -2.21. The number of fused-ring (bicyclic) bond motifs is 1. The average molecular weight is 244 g/mol. The maximum Gasteiger partial charge on any atom is 0.308 e. The van der Waals surface area contributed by atoms with E-state index in [-0.39, 0.29) is 22.9 Å². The van der Waals surface area contributed by atoms with Crippen molar-refractivity contribution in [2.75, 3.05) is 0 Å². The molecule has 0 N–H and O–H groups in total. The first kappa shape index (κ1) is 12.2. The molecule has 0 heterocycles. The van der Waals surface area contributed by atoms with Gasteiger partial charge in [-0.3, -0.25) is 14.4 Å². The van der Waals surface area contributed by atoms with Crippen LogP contribution in [0.4, 0.5) is 0 Å². The van der Waals surface area contributed by atoms with Gasteiger partial charge in [-0.2, -0.15) is 0 Å². The fourth-order valence-corrected chi connectivity index (χ4v) is 1.92. The maximum atomic E-state index is 12.2. The van der Waals surface area contributed by atoms with E-state index in [4.69, 9.17) is 4.74 Å². The van der Waals surface area contributed by atoms with Crippen LogP contribution in [0.25, 0.3) is 0 Å². The highest BCUT2D eigenvalue weighted by Gasteiger charge is 2.30. The first-order chi connectivity index (χ1) is 8.43. The molecule has 0 saturated heterocycles. The van der Waals surface area contributed by atoms with Gasteiger partial charge in [0, 0.05) is 23.6 Å². The number of carbonyl (C=O) groups is 3. The van der Waals surface area contributed by atoms with Gasteiger partial charge in [0.15, 0.2) is 11.6 Å². The quantitative estimate of drug-likeness (QED) is 0.562. The number of carbonyl (C=O) groups excluding carboxylic acids is 3. The van der Waals surface area contributed by atoms with Crippen LogP contribution in [0.15, 0.2) is 29.3 Å². The zero-order chi connectivity index (χ0) is 13.4. The number of benzene rings is 1. The summed E-state index contributed by atoms with van der Waals surface area (Å²) in [5.41, 5.74) is 1.31. The number of allylic oxidation sites excluding steroid dienone is 2. The lowest BCUT2D eigenvalue weighted by Gasteiger charge is -2.18. The molecule has 0 saturated carbocycles. The number of hydrogen-bond acceptors (Lipinski definition) is 4. The number of ketones is 2. The smallest absolute Gasteiger partial charge is 0.308 e. The Hall–Kier alpha value is -2.23. The Balaban J connectivity index is 2.67. The molecule has 1 aromatic rings. The molecule has 0 aliphatic heterocycles. The van der Waals surface area contributed by atoms with Crippen molar-refractivity contribution in [3.05, 3.63) is 40.5 Å². The summed E-state index contributed by atoms with van der Waals surface area (Å²) in [5.74, 6) is -0.840. The molecule has 0 bridgehead atoms. The van der Waals surface area contributed by atoms with Gasteiger partial charge in [0.2, 0.25) is 0 Å². The van der Waals surface area contributed by atoms with Gasteiger partial charge in [-0.05, 0) is 19.9 Å². The van der Waals surface area contributed by atoms with E-state index >= 15 is 0 Å². The van der Waals surface area contributed by atoms with E-state index in [1.807, 2.05) is 0 Å². The summed E-state index contributed by atoms with van der Waals surface area (Å²) in [4.78, 5) is 35.2. The molecule has 0 atom stereocenters. The summed E-state index contributed by atoms with van der Waals surface area (Å²) in [6.45, 7) is 4.47. The van der Waals surface area contributed by atoms with Crippen molar-refractivity contribution in [3.63, 3.8) is 0 Å². The zero-order valence-corrected chi connectivity index (χ0v) is 10.4. The number of hydrogen-bond donors (Lipinski definition) is 0. The lowest BCUT2D eigenvalue weighted by molar-refractivity contribution is -0.131. The molecular weight excluding hydrogens is 232 g/mol. The van der Waals surface area contributed by atoms with E-state index < -0.39 is 5.97 Å². The molecule has 4 nitrogen and oxygen atoms in total. The highest BCUT2D eigenvalue weighted by atomic mass is 16.5. The Kier molecular flexibility index (Phi) is 2.87. The molecule has 0 radical (unpaired) electrons. The van der Waals surface area contributed by atoms with Crippen LogP contribution in [0, 0.1) is 0 Å². The van der Waals surface area contributed by atoms with Crippen LogP contribution < -0.4 is 4.74 Å². The Labute approximate surface area is 104 Å². The van der Waals surface area contributed by atoms with Gasteiger partial charge in [0.05, 0.1) is 5.56 Å². The van der Waals surface area contributed by atoms with Crippen molar-refractivity contribution in [3.8, 4) is 5.75 Å². The van der Waals surface area contributed by atoms with Crippen LogP contribution in [-0.2, 0) is 4.79 Å². The molecule has 92 valence electrons. The van der Waals surface area contributed by atoms with Gasteiger partial charge in [-0.15, -0.1) is 0 Å². The van der Waals surface area contributed by atoms with Crippen molar-refractivity contribution in [2.45, 2.75) is 20.8 Å². The predicted octanol–water partition coefficient (Wildman–Crippen LogP) is 2.33. The first-order valence-electron chi connectivity index (χ1n) is 5.51. The third kappa shape index (κ3) is 1.76. The minimum Gasteiger partial charge on any atom is -0.426 e. The van der Waals surface area contributed by atoms with E-state index in [0.717, 1.165) is 0 Å². The van der Waals surface area contributed by atoms with Crippen molar-refractivity contribution >= 4 is 17.5 Å². The molecule has 1 aliphatic rings. The molecule has 2 rings (SSSR count). The summed E-state index contributed by atoms with van der Waals surface area (Å²) in [6, 6.07) is 4.67.